The van der Waals surface area contributed by atoms with Gasteiger partial charge in [-0.2, -0.15) is 4.98 Å². The molecule has 7 nitrogen and oxygen atoms in total. The molecule has 86 valence electrons. The van der Waals surface area contributed by atoms with E-state index < -0.39 is 0 Å². The second kappa shape index (κ2) is 4.54. The Balaban J connectivity index is 2.44. The molecule has 0 bridgehead atoms. The summed E-state index contributed by atoms with van der Waals surface area (Å²) in [5, 5.41) is 12.0. The van der Waals surface area contributed by atoms with Gasteiger partial charge in [-0.25, -0.2) is 4.98 Å². The Morgan fingerprint density at radius 2 is 2.25 bits per heavy atom. The van der Waals surface area contributed by atoms with Crippen LogP contribution in [-0.4, -0.2) is 44.4 Å². The third-order valence-corrected chi connectivity index (χ3v) is 2.76. The van der Waals surface area contributed by atoms with Gasteiger partial charge in [-0.1, -0.05) is 11.8 Å². The lowest BCUT2D eigenvalue weighted by Gasteiger charge is -1.95. The van der Waals surface area contributed by atoms with Crippen molar-refractivity contribution in [1.82, 2.24) is 19.9 Å². The van der Waals surface area contributed by atoms with Crippen LogP contribution < -0.4 is 10.9 Å². The summed E-state index contributed by atoms with van der Waals surface area (Å²) in [6.45, 7) is 0.0628. The number of aliphatic hydroxyl groups is 1. The van der Waals surface area contributed by atoms with E-state index in [-0.39, 0.29) is 12.2 Å². The average Bonchev–Trinajstić information content (AvgIpc) is 2.69. The van der Waals surface area contributed by atoms with Crippen molar-refractivity contribution in [3.8, 4) is 0 Å². The van der Waals surface area contributed by atoms with Gasteiger partial charge in [0.15, 0.2) is 16.3 Å². The van der Waals surface area contributed by atoms with Crippen LogP contribution in [0.25, 0.3) is 11.2 Å². The Bertz CT molecular complexity index is 549. The normalized spacial score (nSPS) is 10.9. The Morgan fingerprint density at radius 1 is 1.44 bits per heavy atom. The van der Waals surface area contributed by atoms with Gasteiger partial charge in [0.05, 0.1) is 6.61 Å². The SMILES string of the molecule is CNc1nc2nc(SCCO)[nH]c2c(=O)[nH]1. The first-order valence-electron chi connectivity index (χ1n) is 4.66. The molecule has 16 heavy (non-hydrogen) atoms. The van der Waals surface area contributed by atoms with Crippen LogP contribution in [0.1, 0.15) is 0 Å². The molecule has 0 atom stereocenters. The predicted molar refractivity (Wildman–Crippen MR) is 61.9 cm³/mol. The van der Waals surface area contributed by atoms with E-state index >= 15 is 0 Å². The van der Waals surface area contributed by atoms with E-state index in [9.17, 15) is 4.79 Å². The number of imidazole rings is 1. The van der Waals surface area contributed by atoms with Gasteiger partial charge < -0.3 is 15.4 Å². The molecule has 2 rings (SSSR count). The molecule has 0 saturated carbocycles. The zero-order valence-corrected chi connectivity index (χ0v) is 9.39. The number of nitrogens with zero attached hydrogens (tertiary/aromatic N) is 2. The lowest BCUT2D eigenvalue weighted by atomic mass is 10.5. The van der Waals surface area contributed by atoms with E-state index in [1.165, 1.54) is 11.8 Å². The maximum absolute atomic E-state index is 11.6. The molecule has 0 fully saturated rings. The van der Waals surface area contributed by atoms with Crippen LogP contribution in [0.2, 0.25) is 0 Å². The van der Waals surface area contributed by atoms with E-state index in [2.05, 4.69) is 25.3 Å². The topological polar surface area (TPSA) is 107 Å². The fourth-order valence-corrected chi connectivity index (χ4v) is 1.82. The maximum atomic E-state index is 11.6. The number of H-pyrrole nitrogens is 2. The summed E-state index contributed by atoms with van der Waals surface area (Å²) >= 11 is 1.34. The van der Waals surface area contributed by atoms with Gasteiger partial charge in [0.25, 0.3) is 5.56 Å². The lowest BCUT2D eigenvalue weighted by Crippen LogP contribution is -2.11. The molecule has 2 aromatic heterocycles. The Kier molecular flexibility index (Phi) is 3.11. The van der Waals surface area contributed by atoms with Gasteiger partial charge in [-0.3, -0.25) is 9.78 Å². The number of fused-ring (bicyclic) bond motifs is 1. The molecule has 0 radical (unpaired) electrons. The van der Waals surface area contributed by atoms with Crippen LogP contribution in [0, 0.1) is 0 Å². The highest BCUT2D eigenvalue weighted by Crippen LogP contribution is 2.15. The van der Waals surface area contributed by atoms with Crippen molar-refractivity contribution < 1.29 is 5.11 Å². The molecule has 8 heteroatoms. The van der Waals surface area contributed by atoms with Crippen LogP contribution in [0.15, 0.2) is 9.95 Å². The summed E-state index contributed by atoms with van der Waals surface area (Å²) < 4.78 is 0. The van der Waals surface area contributed by atoms with E-state index in [0.29, 0.717) is 28.0 Å². The van der Waals surface area contributed by atoms with Crippen molar-refractivity contribution in [3.05, 3.63) is 10.4 Å². The number of aliphatic hydroxyl groups excluding tert-OH is 1. The minimum atomic E-state index is -0.266. The molecule has 0 spiro atoms. The molecule has 0 amide bonds. The van der Waals surface area contributed by atoms with Crippen molar-refractivity contribution >= 4 is 28.9 Å². The molecule has 2 aromatic rings. The molecule has 0 aromatic carbocycles. The fourth-order valence-electron chi connectivity index (χ4n) is 1.22. The molecule has 0 aliphatic heterocycles. The number of aromatic amines is 2. The zero-order valence-electron chi connectivity index (χ0n) is 8.57. The highest BCUT2D eigenvalue weighted by Gasteiger charge is 2.09. The summed E-state index contributed by atoms with van der Waals surface area (Å²) in [5.41, 5.74) is 0.450. The quantitative estimate of drug-likeness (QED) is 0.551. The second-order valence-electron chi connectivity index (χ2n) is 2.98. The van der Waals surface area contributed by atoms with E-state index in [1.54, 1.807) is 7.05 Å². The van der Waals surface area contributed by atoms with Crippen molar-refractivity contribution in [2.45, 2.75) is 5.16 Å². The Hall–Kier alpha value is -1.54. The first-order valence-corrected chi connectivity index (χ1v) is 5.64. The van der Waals surface area contributed by atoms with Gasteiger partial charge in [-0.15, -0.1) is 0 Å². The lowest BCUT2D eigenvalue weighted by molar-refractivity contribution is 0.322. The van der Waals surface area contributed by atoms with Crippen LogP contribution in [0.3, 0.4) is 0 Å². The number of nitrogens with one attached hydrogen (secondary N) is 3. The molecule has 0 aliphatic carbocycles. The van der Waals surface area contributed by atoms with Gasteiger partial charge in [0, 0.05) is 12.8 Å². The van der Waals surface area contributed by atoms with Crippen LogP contribution in [0.4, 0.5) is 5.95 Å². The third-order valence-electron chi connectivity index (χ3n) is 1.91. The van der Waals surface area contributed by atoms with Crippen molar-refractivity contribution in [3.63, 3.8) is 0 Å². The molecule has 0 aliphatic rings. The zero-order chi connectivity index (χ0) is 11.5. The van der Waals surface area contributed by atoms with Gasteiger partial charge in [0.2, 0.25) is 5.95 Å². The van der Waals surface area contributed by atoms with Crippen molar-refractivity contribution in [1.29, 1.82) is 0 Å². The molecule has 2 heterocycles. The minimum Gasteiger partial charge on any atom is -0.396 e. The van der Waals surface area contributed by atoms with E-state index in [0.717, 1.165) is 0 Å². The van der Waals surface area contributed by atoms with Gasteiger partial charge in [-0.05, 0) is 0 Å². The van der Waals surface area contributed by atoms with Crippen molar-refractivity contribution in [2.24, 2.45) is 0 Å². The number of aromatic nitrogens is 4. The number of hydrogen-bond donors (Lipinski definition) is 4. The second-order valence-corrected chi connectivity index (χ2v) is 4.06. The number of thioether (sulfide) groups is 1. The van der Waals surface area contributed by atoms with Crippen LogP contribution in [0.5, 0.6) is 0 Å². The molecule has 0 saturated heterocycles. The standard InChI is InChI=1S/C8H11N5O2S/c1-9-7-11-5-4(6(15)13-7)10-8(12-5)16-3-2-14/h14H,2-3H2,1H3,(H3,9,10,11,12,13,15). The first kappa shape index (κ1) is 11.0. The van der Waals surface area contributed by atoms with Gasteiger partial charge >= 0.3 is 0 Å². The van der Waals surface area contributed by atoms with Crippen molar-refractivity contribution in [2.75, 3.05) is 24.7 Å². The smallest absolute Gasteiger partial charge is 0.278 e. The third kappa shape index (κ3) is 2.02. The number of rotatable bonds is 4. The Labute approximate surface area is 94.7 Å². The monoisotopic (exact) mass is 241 g/mol. The highest BCUT2D eigenvalue weighted by atomic mass is 32.2. The minimum absolute atomic E-state index is 0.0628. The Morgan fingerprint density at radius 3 is 2.94 bits per heavy atom. The largest absolute Gasteiger partial charge is 0.396 e. The molecular formula is C8H11N5O2S. The molecule has 4 N–H and O–H groups in total. The van der Waals surface area contributed by atoms with E-state index in [4.69, 9.17) is 5.11 Å². The summed E-state index contributed by atoms with van der Waals surface area (Å²) in [5.74, 6) is 0.902. The van der Waals surface area contributed by atoms with E-state index in [1.807, 2.05) is 0 Å². The number of hydrogen-bond acceptors (Lipinski definition) is 6. The molecule has 0 unspecified atom stereocenters. The maximum Gasteiger partial charge on any atom is 0.278 e. The van der Waals surface area contributed by atoms with Crippen LogP contribution in [-0.2, 0) is 0 Å². The highest BCUT2D eigenvalue weighted by molar-refractivity contribution is 7.99. The fraction of sp³-hybridized carbons (Fsp3) is 0.375. The summed E-state index contributed by atoms with van der Waals surface area (Å²) in [6, 6.07) is 0. The summed E-state index contributed by atoms with van der Waals surface area (Å²) in [4.78, 5) is 25.2. The predicted octanol–water partition coefficient (Wildman–Crippen LogP) is -0.228. The summed E-state index contributed by atoms with van der Waals surface area (Å²) in [7, 11) is 1.66. The number of anilines is 1. The van der Waals surface area contributed by atoms with Gasteiger partial charge in [0.1, 0.15) is 0 Å². The summed E-state index contributed by atoms with van der Waals surface area (Å²) in [6.07, 6.45) is 0. The molecular weight excluding hydrogens is 230 g/mol. The first-order chi connectivity index (χ1) is 7.74. The average molecular weight is 241 g/mol. The van der Waals surface area contributed by atoms with Crippen LogP contribution >= 0.6 is 11.8 Å².